The Hall–Kier alpha value is -2.41. The Bertz CT molecular complexity index is 891. The van der Waals surface area contributed by atoms with Crippen molar-refractivity contribution >= 4 is 15.9 Å². The van der Waals surface area contributed by atoms with E-state index in [0.717, 1.165) is 18.4 Å². The summed E-state index contributed by atoms with van der Waals surface area (Å²) in [6, 6.07) is 8.72. The fourth-order valence-electron chi connectivity index (χ4n) is 3.36. The SMILES string of the molecule is Cc1ccc(S(=O)(=O)N2CCN(/C=C(/C#N)C(=O)NCC3CCCO3)CC2)cc1. The molecule has 2 saturated heterocycles. The number of rotatable bonds is 6. The van der Waals surface area contributed by atoms with Crippen molar-refractivity contribution in [2.24, 2.45) is 0 Å². The van der Waals surface area contributed by atoms with Crippen molar-refractivity contribution in [2.75, 3.05) is 39.3 Å². The van der Waals surface area contributed by atoms with Crippen LogP contribution in [-0.2, 0) is 19.6 Å². The monoisotopic (exact) mass is 418 g/mol. The zero-order chi connectivity index (χ0) is 20.9. The highest BCUT2D eigenvalue weighted by Gasteiger charge is 2.28. The first kappa shape index (κ1) is 21.3. The molecule has 1 aromatic rings. The summed E-state index contributed by atoms with van der Waals surface area (Å²) in [4.78, 5) is 14.3. The lowest BCUT2D eigenvalue weighted by atomic mass is 10.2. The van der Waals surface area contributed by atoms with E-state index in [1.807, 2.05) is 17.9 Å². The Labute approximate surface area is 171 Å². The molecule has 0 saturated carbocycles. The average Bonchev–Trinajstić information content (AvgIpc) is 3.24. The van der Waals surface area contributed by atoms with E-state index in [1.54, 1.807) is 24.3 Å². The van der Waals surface area contributed by atoms with Gasteiger partial charge in [-0.05, 0) is 31.9 Å². The highest BCUT2D eigenvalue weighted by Crippen LogP contribution is 2.18. The van der Waals surface area contributed by atoms with Gasteiger partial charge in [0.15, 0.2) is 0 Å². The number of hydrogen-bond acceptors (Lipinski definition) is 6. The van der Waals surface area contributed by atoms with Gasteiger partial charge in [-0.2, -0.15) is 9.57 Å². The molecular weight excluding hydrogens is 392 g/mol. The molecule has 156 valence electrons. The minimum absolute atomic E-state index is 0.00872. The fraction of sp³-hybridized carbons (Fsp3) is 0.500. The summed E-state index contributed by atoms with van der Waals surface area (Å²) in [5, 5.41) is 12.1. The Morgan fingerprint density at radius 2 is 1.97 bits per heavy atom. The van der Waals surface area contributed by atoms with Gasteiger partial charge in [-0.25, -0.2) is 8.42 Å². The Morgan fingerprint density at radius 3 is 2.55 bits per heavy atom. The van der Waals surface area contributed by atoms with Crippen molar-refractivity contribution < 1.29 is 17.9 Å². The summed E-state index contributed by atoms with van der Waals surface area (Å²) >= 11 is 0. The quantitative estimate of drug-likeness (QED) is 0.546. The molecule has 9 heteroatoms. The first-order chi connectivity index (χ1) is 13.9. The number of carbonyl (C=O) groups excluding carboxylic acids is 1. The number of aryl methyl sites for hydroxylation is 1. The third-order valence-electron chi connectivity index (χ3n) is 5.12. The van der Waals surface area contributed by atoms with Gasteiger partial charge in [0.05, 0.1) is 11.0 Å². The van der Waals surface area contributed by atoms with Crippen LogP contribution < -0.4 is 5.32 Å². The molecule has 2 aliphatic heterocycles. The van der Waals surface area contributed by atoms with Crippen LogP contribution >= 0.6 is 0 Å². The molecule has 1 amide bonds. The minimum Gasteiger partial charge on any atom is -0.376 e. The highest BCUT2D eigenvalue weighted by molar-refractivity contribution is 7.89. The Balaban J connectivity index is 1.56. The molecule has 0 aromatic heterocycles. The number of hydrogen-bond donors (Lipinski definition) is 1. The molecule has 0 aliphatic carbocycles. The number of carbonyl (C=O) groups is 1. The van der Waals surface area contributed by atoms with Gasteiger partial charge < -0.3 is 15.0 Å². The summed E-state index contributed by atoms with van der Waals surface area (Å²) in [5.74, 6) is -0.433. The molecule has 3 rings (SSSR count). The van der Waals surface area contributed by atoms with E-state index in [1.165, 1.54) is 10.5 Å². The molecule has 0 bridgehead atoms. The maximum Gasteiger partial charge on any atom is 0.263 e. The number of nitrogens with zero attached hydrogens (tertiary/aromatic N) is 3. The largest absolute Gasteiger partial charge is 0.376 e. The molecule has 2 aliphatic rings. The summed E-state index contributed by atoms with van der Waals surface area (Å²) in [7, 11) is -3.54. The Kier molecular flexibility index (Phi) is 6.90. The van der Waals surface area contributed by atoms with E-state index in [4.69, 9.17) is 4.74 Å². The van der Waals surface area contributed by atoms with Crippen molar-refractivity contribution in [3.8, 4) is 6.07 Å². The van der Waals surface area contributed by atoms with Crippen molar-refractivity contribution in [3.05, 3.63) is 41.6 Å². The fourth-order valence-corrected chi connectivity index (χ4v) is 4.78. The molecule has 8 nitrogen and oxygen atoms in total. The van der Waals surface area contributed by atoms with Crippen LogP contribution in [0.15, 0.2) is 40.9 Å². The summed E-state index contributed by atoms with van der Waals surface area (Å²) in [6.45, 7) is 4.42. The van der Waals surface area contributed by atoms with Crippen LogP contribution in [0.4, 0.5) is 0 Å². The number of sulfonamides is 1. The molecule has 2 fully saturated rings. The molecule has 1 N–H and O–H groups in total. The van der Waals surface area contributed by atoms with Gasteiger partial charge in [-0.3, -0.25) is 4.79 Å². The van der Waals surface area contributed by atoms with Crippen molar-refractivity contribution in [1.29, 1.82) is 5.26 Å². The molecule has 1 atom stereocenters. The molecule has 0 radical (unpaired) electrons. The lowest BCUT2D eigenvalue weighted by Crippen LogP contribution is -2.47. The number of amides is 1. The molecule has 1 unspecified atom stereocenters. The molecule has 29 heavy (non-hydrogen) atoms. The van der Waals surface area contributed by atoms with Crippen LogP contribution in [0, 0.1) is 18.3 Å². The minimum atomic E-state index is -3.54. The second kappa shape index (κ2) is 9.39. The van der Waals surface area contributed by atoms with Crippen molar-refractivity contribution in [3.63, 3.8) is 0 Å². The summed E-state index contributed by atoms with van der Waals surface area (Å²) in [5.41, 5.74) is 1.01. The second-order valence-corrected chi connectivity index (χ2v) is 9.19. The van der Waals surface area contributed by atoms with Gasteiger partial charge in [0, 0.05) is 45.5 Å². The second-order valence-electron chi connectivity index (χ2n) is 7.25. The van der Waals surface area contributed by atoms with Gasteiger partial charge in [-0.15, -0.1) is 0 Å². The third-order valence-corrected chi connectivity index (χ3v) is 7.04. The van der Waals surface area contributed by atoms with Gasteiger partial charge in [0.1, 0.15) is 11.6 Å². The van der Waals surface area contributed by atoms with Gasteiger partial charge in [0.2, 0.25) is 10.0 Å². The van der Waals surface area contributed by atoms with E-state index in [2.05, 4.69) is 5.32 Å². The van der Waals surface area contributed by atoms with E-state index >= 15 is 0 Å². The van der Waals surface area contributed by atoms with Crippen molar-refractivity contribution in [2.45, 2.75) is 30.8 Å². The van der Waals surface area contributed by atoms with Gasteiger partial charge in [-0.1, -0.05) is 17.7 Å². The molecule has 2 heterocycles. The summed E-state index contributed by atoms with van der Waals surface area (Å²) in [6.07, 6.45) is 3.41. The average molecular weight is 419 g/mol. The number of benzene rings is 1. The number of ether oxygens (including phenoxy) is 1. The third kappa shape index (κ3) is 5.35. The van der Waals surface area contributed by atoms with Crippen LogP contribution in [0.2, 0.25) is 0 Å². The first-order valence-electron chi connectivity index (χ1n) is 9.73. The highest BCUT2D eigenvalue weighted by atomic mass is 32.2. The zero-order valence-electron chi connectivity index (χ0n) is 16.5. The predicted molar refractivity (Wildman–Crippen MR) is 107 cm³/mol. The number of nitrogens with one attached hydrogen (secondary N) is 1. The normalized spacial score (nSPS) is 21.0. The molecular formula is C20H26N4O4S. The van der Waals surface area contributed by atoms with Crippen LogP contribution in [0.1, 0.15) is 18.4 Å². The standard InChI is InChI=1S/C20H26N4O4S/c1-16-4-6-19(7-5-16)29(26,27)24-10-8-23(9-11-24)15-17(13-21)20(25)22-14-18-3-2-12-28-18/h4-7,15,18H,2-3,8-12,14H2,1H3,(H,22,25)/b17-15-. The van der Waals surface area contributed by atoms with E-state index < -0.39 is 15.9 Å². The topological polar surface area (TPSA) is 103 Å². The van der Waals surface area contributed by atoms with Gasteiger partial charge >= 0.3 is 0 Å². The lowest BCUT2D eigenvalue weighted by Gasteiger charge is -2.33. The predicted octanol–water partition coefficient (Wildman–Crippen LogP) is 1.00. The maximum atomic E-state index is 12.8. The number of nitriles is 1. The van der Waals surface area contributed by atoms with E-state index in [0.29, 0.717) is 39.3 Å². The van der Waals surface area contributed by atoms with Crippen LogP contribution in [0.25, 0.3) is 0 Å². The number of piperazine rings is 1. The van der Waals surface area contributed by atoms with Crippen LogP contribution in [0.5, 0.6) is 0 Å². The van der Waals surface area contributed by atoms with Crippen LogP contribution in [0.3, 0.4) is 0 Å². The van der Waals surface area contributed by atoms with E-state index in [9.17, 15) is 18.5 Å². The lowest BCUT2D eigenvalue weighted by molar-refractivity contribution is -0.117. The summed E-state index contributed by atoms with van der Waals surface area (Å²) < 4.78 is 32.4. The van der Waals surface area contributed by atoms with E-state index in [-0.39, 0.29) is 16.6 Å². The zero-order valence-corrected chi connectivity index (χ0v) is 17.3. The molecule has 1 aromatic carbocycles. The Morgan fingerprint density at radius 1 is 1.28 bits per heavy atom. The smallest absolute Gasteiger partial charge is 0.263 e. The van der Waals surface area contributed by atoms with Crippen molar-refractivity contribution in [1.82, 2.24) is 14.5 Å². The van der Waals surface area contributed by atoms with Gasteiger partial charge in [0.25, 0.3) is 5.91 Å². The maximum absolute atomic E-state index is 12.8. The van der Waals surface area contributed by atoms with Crippen LogP contribution in [-0.4, -0.2) is 69.0 Å². The first-order valence-corrected chi connectivity index (χ1v) is 11.2. The molecule has 0 spiro atoms.